The maximum absolute atomic E-state index is 5.90. The number of aromatic amines is 1. The van der Waals surface area contributed by atoms with Gasteiger partial charge in [0.2, 0.25) is 0 Å². The Morgan fingerprint density at radius 1 is 1.47 bits per heavy atom. The Bertz CT molecular complexity index is 699. The standard InChI is InChI=1S/C15H16ClNOS/c1-9(16)4-6-12-10(2)17-14-7-5-11(18-3)8-13(14)15(12)19/h4-5,7-8H,6H2,1-3H3,(H,17,19). The molecule has 0 spiro atoms. The normalized spacial score (nSPS) is 11.9. The topological polar surface area (TPSA) is 25.0 Å². The largest absolute Gasteiger partial charge is 0.497 e. The highest BCUT2D eigenvalue weighted by atomic mass is 35.5. The monoisotopic (exact) mass is 293 g/mol. The Kier molecular flexibility index (Phi) is 4.27. The fraction of sp³-hybridized carbons (Fsp3) is 0.267. The zero-order chi connectivity index (χ0) is 14.0. The predicted molar refractivity (Wildman–Crippen MR) is 83.7 cm³/mol. The summed E-state index contributed by atoms with van der Waals surface area (Å²) >= 11 is 11.5. The first-order chi connectivity index (χ1) is 9.02. The van der Waals surface area contributed by atoms with Crippen LogP contribution in [0.4, 0.5) is 0 Å². The van der Waals surface area contributed by atoms with Gasteiger partial charge in [0.25, 0.3) is 0 Å². The van der Waals surface area contributed by atoms with Gasteiger partial charge in [0, 0.05) is 21.6 Å². The van der Waals surface area contributed by atoms with Crippen molar-refractivity contribution in [3.05, 3.63) is 45.1 Å². The van der Waals surface area contributed by atoms with Crippen LogP contribution in [0, 0.1) is 11.4 Å². The number of H-pyrrole nitrogens is 1. The number of aryl methyl sites for hydroxylation is 1. The van der Waals surface area contributed by atoms with Gasteiger partial charge in [0.05, 0.1) is 11.6 Å². The third kappa shape index (κ3) is 2.99. The van der Waals surface area contributed by atoms with Crippen molar-refractivity contribution < 1.29 is 4.74 Å². The summed E-state index contributed by atoms with van der Waals surface area (Å²) in [6.45, 7) is 3.90. The number of pyridine rings is 1. The molecule has 1 N–H and O–H groups in total. The van der Waals surface area contributed by atoms with Gasteiger partial charge in [-0.15, -0.1) is 0 Å². The average molecular weight is 294 g/mol. The van der Waals surface area contributed by atoms with E-state index >= 15 is 0 Å². The summed E-state index contributed by atoms with van der Waals surface area (Å²) in [5, 5.41) is 1.79. The van der Waals surface area contributed by atoms with E-state index in [4.69, 9.17) is 28.6 Å². The molecule has 2 rings (SSSR count). The van der Waals surface area contributed by atoms with Gasteiger partial charge in [0.15, 0.2) is 0 Å². The van der Waals surface area contributed by atoms with Crippen molar-refractivity contribution in [1.29, 1.82) is 0 Å². The Morgan fingerprint density at radius 2 is 2.21 bits per heavy atom. The maximum Gasteiger partial charge on any atom is 0.119 e. The molecular weight excluding hydrogens is 278 g/mol. The molecule has 1 aromatic heterocycles. The summed E-state index contributed by atoms with van der Waals surface area (Å²) in [6.07, 6.45) is 2.71. The van der Waals surface area contributed by atoms with Gasteiger partial charge in [-0.1, -0.05) is 29.9 Å². The van der Waals surface area contributed by atoms with Gasteiger partial charge >= 0.3 is 0 Å². The summed E-state index contributed by atoms with van der Waals surface area (Å²) < 4.78 is 6.11. The molecule has 4 heteroatoms. The molecular formula is C15H16ClNOS. The predicted octanol–water partition coefficient (Wildman–Crippen LogP) is 4.90. The van der Waals surface area contributed by atoms with Crippen LogP contribution in [0.2, 0.25) is 0 Å². The van der Waals surface area contributed by atoms with Crippen LogP contribution in [0.5, 0.6) is 5.75 Å². The molecule has 100 valence electrons. The van der Waals surface area contributed by atoms with Crippen LogP contribution in [-0.4, -0.2) is 12.1 Å². The molecule has 0 amide bonds. The zero-order valence-electron chi connectivity index (χ0n) is 11.2. The molecule has 0 aliphatic rings. The fourth-order valence-corrected chi connectivity index (χ4v) is 2.53. The summed E-state index contributed by atoms with van der Waals surface area (Å²) in [5.74, 6) is 0.811. The summed E-state index contributed by atoms with van der Waals surface area (Å²) in [7, 11) is 1.66. The Hall–Kier alpha value is -1.32. The van der Waals surface area contributed by atoms with Gasteiger partial charge in [-0.2, -0.15) is 0 Å². The molecule has 1 aromatic carbocycles. The third-order valence-electron chi connectivity index (χ3n) is 3.11. The summed E-state index contributed by atoms with van der Waals surface area (Å²) in [4.78, 5) is 3.38. The number of nitrogens with one attached hydrogen (secondary N) is 1. The fourth-order valence-electron chi connectivity index (χ4n) is 2.05. The van der Waals surface area contributed by atoms with E-state index in [0.29, 0.717) is 0 Å². The van der Waals surface area contributed by atoms with Crippen molar-refractivity contribution in [2.45, 2.75) is 20.3 Å². The number of benzene rings is 1. The molecule has 0 saturated heterocycles. The van der Waals surface area contributed by atoms with Crippen LogP contribution in [0.3, 0.4) is 0 Å². The molecule has 0 unspecified atom stereocenters. The number of methoxy groups -OCH3 is 1. The number of aromatic nitrogens is 1. The first-order valence-corrected chi connectivity index (χ1v) is 6.83. The van der Waals surface area contributed by atoms with Crippen LogP contribution in [-0.2, 0) is 6.42 Å². The molecule has 19 heavy (non-hydrogen) atoms. The van der Waals surface area contributed by atoms with Crippen molar-refractivity contribution in [2.24, 2.45) is 0 Å². The quantitative estimate of drug-likeness (QED) is 0.814. The smallest absolute Gasteiger partial charge is 0.119 e. The van der Waals surface area contributed by atoms with E-state index < -0.39 is 0 Å². The Morgan fingerprint density at radius 3 is 2.84 bits per heavy atom. The van der Waals surface area contributed by atoms with Gasteiger partial charge in [-0.25, -0.2) is 0 Å². The van der Waals surface area contributed by atoms with Gasteiger partial charge in [0.1, 0.15) is 5.75 Å². The van der Waals surface area contributed by atoms with Gasteiger partial charge in [-0.3, -0.25) is 0 Å². The number of halogens is 1. The second kappa shape index (κ2) is 5.76. The molecule has 2 nitrogen and oxygen atoms in total. The van der Waals surface area contributed by atoms with E-state index in [1.54, 1.807) is 7.11 Å². The number of hydrogen-bond donors (Lipinski definition) is 1. The van der Waals surface area contributed by atoms with Crippen LogP contribution < -0.4 is 4.74 Å². The number of ether oxygens (including phenoxy) is 1. The van der Waals surface area contributed by atoms with Crippen LogP contribution in [0.25, 0.3) is 10.9 Å². The molecule has 2 aromatic rings. The van der Waals surface area contributed by atoms with E-state index in [2.05, 4.69) is 4.98 Å². The van der Waals surface area contributed by atoms with E-state index in [-0.39, 0.29) is 0 Å². The first kappa shape index (κ1) is 14.1. The van der Waals surface area contributed by atoms with E-state index in [1.807, 2.05) is 38.1 Å². The van der Waals surface area contributed by atoms with Crippen molar-refractivity contribution in [1.82, 2.24) is 4.98 Å². The average Bonchev–Trinajstić information content (AvgIpc) is 2.38. The highest BCUT2D eigenvalue weighted by molar-refractivity contribution is 7.71. The van der Waals surface area contributed by atoms with Gasteiger partial charge < -0.3 is 9.72 Å². The number of rotatable bonds is 3. The highest BCUT2D eigenvalue weighted by Gasteiger charge is 2.06. The van der Waals surface area contributed by atoms with E-state index in [9.17, 15) is 0 Å². The van der Waals surface area contributed by atoms with Crippen LogP contribution in [0.1, 0.15) is 18.2 Å². The number of fused-ring (bicyclic) bond motifs is 1. The minimum Gasteiger partial charge on any atom is -0.497 e. The Labute approximate surface area is 123 Å². The molecule has 0 bridgehead atoms. The van der Waals surface area contributed by atoms with E-state index in [1.165, 1.54) is 0 Å². The maximum atomic E-state index is 5.90. The molecule has 0 saturated carbocycles. The summed E-state index contributed by atoms with van der Waals surface area (Å²) in [6, 6.07) is 5.88. The number of hydrogen-bond acceptors (Lipinski definition) is 2. The second-order valence-electron chi connectivity index (χ2n) is 4.46. The molecule has 0 aliphatic carbocycles. The van der Waals surface area contributed by atoms with Gasteiger partial charge in [-0.05, 0) is 44.0 Å². The van der Waals surface area contributed by atoms with Crippen molar-refractivity contribution in [2.75, 3.05) is 7.11 Å². The minimum absolute atomic E-state index is 0.740. The lowest BCUT2D eigenvalue weighted by Gasteiger charge is -2.09. The third-order valence-corrected chi connectivity index (χ3v) is 3.73. The lowest BCUT2D eigenvalue weighted by molar-refractivity contribution is 0.415. The van der Waals surface area contributed by atoms with E-state index in [0.717, 1.165) is 43.9 Å². The highest BCUT2D eigenvalue weighted by Crippen LogP contribution is 2.24. The second-order valence-corrected chi connectivity index (χ2v) is 5.47. The molecule has 0 aliphatic heterocycles. The molecule has 0 fully saturated rings. The van der Waals surface area contributed by atoms with Crippen LogP contribution >= 0.6 is 23.8 Å². The summed E-state index contributed by atoms with van der Waals surface area (Å²) in [5.41, 5.74) is 3.21. The van der Waals surface area contributed by atoms with Crippen molar-refractivity contribution in [3.8, 4) is 5.75 Å². The zero-order valence-corrected chi connectivity index (χ0v) is 12.8. The molecule has 0 atom stereocenters. The SMILES string of the molecule is COc1ccc2[nH]c(C)c(CC=C(C)Cl)c(=S)c2c1. The first-order valence-electron chi connectivity index (χ1n) is 6.04. The number of allylic oxidation sites excluding steroid dienone is 2. The molecule has 0 radical (unpaired) electrons. The van der Waals surface area contributed by atoms with Crippen molar-refractivity contribution in [3.63, 3.8) is 0 Å². The van der Waals surface area contributed by atoms with Crippen LogP contribution in [0.15, 0.2) is 29.3 Å². The lowest BCUT2D eigenvalue weighted by Crippen LogP contribution is -1.95. The molecule has 1 heterocycles. The lowest BCUT2D eigenvalue weighted by atomic mass is 10.1. The minimum atomic E-state index is 0.740. The Balaban J connectivity index is 2.65. The van der Waals surface area contributed by atoms with Crippen molar-refractivity contribution >= 4 is 34.7 Å².